The predicted octanol–water partition coefficient (Wildman–Crippen LogP) is 7.96. The van der Waals surface area contributed by atoms with Gasteiger partial charge in [0, 0.05) is 0 Å². The molecule has 2 unspecified atom stereocenters. The summed E-state index contributed by atoms with van der Waals surface area (Å²) in [5, 5.41) is 0. The molecule has 0 N–H and O–H groups in total. The molecule has 13 heteroatoms. The van der Waals surface area contributed by atoms with Crippen LogP contribution >= 0.6 is 0 Å². The van der Waals surface area contributed by atoms with E-state index in [0.717, 1.165) is 0 Å². The molecule has 0 aliphatic rings. The van der Waals surface area contributed by atoms with E-state index in [0.29, 0.717) is 25.7 Å². The van der Waals surface area contributed by atoms with Crippen molar-refractivity contribution in [3.05, 3.63) is 0 Å². The number of hydrogen-bond acceptors (Lipinski definition) is 2. The molecule has 0 fully saturated rings. The quantitative estimate of drug-likeness (QED) is 0.0886. The Labute approximate surface area is 193 Å². The third kappa shape index (κ3) is 7.04. The van der Waals surface area contributed by atoms with Gasteiger partial charge in [-0.05, 0) is 0 Å². The monoisotopic (exact) mass is 616 g/mol. The van der Waals surface area contributed by atoms with Crippen LogP contribution in [-0.2, 0) is 6.15 Å². The van der Waals surface area contributed by atoms with Crippen molar-refractivity contribution in [3.63, 3.8) is 0 Å². The van der Waals surface area contributed by atoms with Gasteiger partial charge < -0.3 is 0 Å². The summed E-state index contributed by atoms with van der Waals surface area (Å²) in [6.45, 7) is 1.48. The Balaban J connectivity index is 6.63. The minimum atomic E-state index is -8.48. The fourth-order valence-corrected chi connectivity index (χ4v) is 12.6. The molecule has 0 heterocycles. The van der Waals surface area contributed by atoms with Crippen molar-refractivity contribution in [2.24, 2.45) is 0 Å². The number of halogens is 10. The first-order chi connectivity index (χ1) is 15.0. The molecular weight excluding hydrogens is 581 g/mol. The van der Waals surface area contributed by atoms with Crippen LogP contribution in [0.5, 0.6) is 0 Å². The SMILES string of the molecule is CCCCCC[O][Sn]([O]CCCCCC)([C](F)(F)C(F)(F)C(C)F)[C](F)(F)C(F)(F)C(C)F. The van der Waals surface area contributed by atoms with Gasteiger partial charge in [0.05, 0.1) is 0 Å². The van der Waals surface area contributed by atoms with Gasteiger partial charge in [0.15, 0.2) is 0 Å². The van der Waals surface area contributed by atoms with Gasteiger partial charge in [-0.1, -0.05) is 0 Å². The number of unbranched alkanes of at least 4 members (excludes halogenated alkanes) is 6. The van der Waals surface area contributed by atoms with Crippen molar-refractivity contribution in [1.82, 2.24) is 0 Å². The average molecular weight is 615 g/mol. The maximum atomic E-state index is 15.1. The summed E-state index contributed by atoms with van der Waals surface area (Å²) < 4.78 is 142. The predicted molar refractivity (Wildman–Crippen MR) is 107 cm³/mol. The van der Waals surface area contributed by atoms with Gasteiger partial charge in [-0.2, -0.15) is 0 Å². The fraction of sp³-hybridized carbons (Fsp3) is 1.00. The molecule has 0 aromatic heterocycles. The third-order valence-corrected chi connectivity index (χ3v) is 15.4. The first kappa shape index (κ1) is 33.0. The Kier molecular flexibility index (Phi) is 13.4. The van der Waals surface area contributed by atoms with Crippen LogP contribution in [0.4, 0.5) is 43.9 Å². The Bertz CT molecular complexity index is 511. The second kappa shape index (κ2) is 13.4. The van der Waals surface area contributed by atoms with Gasteiger partial charge in [0.1, 0.15) is 0 Å². The van der Waals surface area contributed by atoms with Gasteiger partial charge >= 0.3 is 194 Å². The zero-order valence-electron chi connectivity index (χ0n) is 19.3. The van der Waals surface area contributed by atoms with E-state index in [4.69, 9.17) is 0 Å². The summed E-state index contributed by atoms with van der Waals surface area (Å²) in [4.78, 5) is 0. The van der Waals surface area contributed by atoms with Crippen LogP contribution in [0.15, 0.2) is 0 Å². The summed E-state index contributed by atoms with van der Waals surface area (Å²) in [6, 6.07) is 0. The van der Waals surface area contributed by atoms with Crippen LogP contribution < -0.4 is 0 Å². The van der Waals surface area contributed by atoms with Gasteiger partial charge in [-0.15, -0.1) is 0 Å². The Morgan fingerprint density at radius 1 is 0.576 bits per heavy atom. The second-order valence-corrected chi connectivity index (χ2v) is 16.8. The molecule has 33 heavy (non-hydrogen) atoms. The molecule has 2 nitrogen and oxygen atoms in total. The van der Waals surface area contributed by atoms with E-state index in [1.807, 2.05) is 0 Å². The Morgan fingerprint density at radius 2 is 0.879 bits per heavy atom. The number of alkyl halides is 10. The maximum absolute atomic E-state index is 15.1. The topological polar surface area (TPSA) is 18.5 Å². The molecule has 0 aliphatic carbocycles. The third-order valence-electron chi connectivity index (χ3n) is 5.27. The molecule has 0 rings (SSSR count). The van der Waals surface area contributed by atoms with E-state index < -0.39 is 64.5 Å². The second-order valence-electron chi connectivity index (χ2n) is 8.06. The molecule has 0 saturated heterocycles. The van der Waals surface area contributed by atoms with E-state index in [1.54, 1.807) is 13.8 Å². The first-order valence-electron chi connectivity index (χ1n) is 11.1. The molecule has 2 atom stereocenters. The summed E-state index contributed by atoms with van der Waals surface area (Å²) >= 11 is -8.48. The van der Waals surface area contributed by atoms with Crippen LogP contribution in [0.3, 0.4) is 0 Å². The fourth-order valence-electron chi connectivity index (χ4n) is 3.03. The van der Waals surface area contributed by atoms with Crippen molar-refractivity contribution < 1.29 is 50.1 Å². The van der Waals surface area contributed by atoms with Crippen molar-refractivity contribution in [2.45, 2.75) is 111 Å². The molecule has 0 saturated carbocycles. The number of rotatable bonds is 18. The van der Waals surface area contributed by atoms with E-state index in [1.165, 1.54) is 0 Å². The zero-order valence-corrected chi connectivity index (χ0v) is 22.2. The summed E-state index contributed by atoms with van der Waals surface area (Å²) in [6.07, 6.45) is -5.00. The van der Waals surface area contributed by atoms with Crippen molar-refractivity contribution >= 4 is 19.2 Å². The van der Waals surface area contributed by atoms with E-state index in [9.17, 15) is 26.3 Å². The summed E-state index contributed by atoms with van der Waals surface area (Å²) in [5.74, 6) is -11.6. The normalized spacial score (nSPS) is 16.2. The number of hydrogen-bond donors (Lipinski definition) is 0. The minimum absolute atomic E-state index is 0.0128. The van der Waals surface area contributed by atoms with Crippen LogP contribution in [0.25, 0.3) is 0 Å². The molecular formula is C20H34F10O2Sn. The van der Waals surface area contributed by atoms with Crippen molar-refractivity contribution in [3.8, 4) is 0 Å². The van der Waals surface area contributed by atoms with Gasteiger partial charge in [-0.25, -0.2) is 0 Å². The Morgan fingerprint density at radius 3 is 1.12 bits per heavy atom. The van der Waals surface area contributed by atoms with E-state index in [-0.39, 0.29) is 39.5 Å². The molecule has 0 spiro atoms. The van der Waals surface area contributed by atoms with Gasteiger partial charge in [0.25, 0.3) is 0 Å². The molecule has 0 bridgehead atoms. The molecule has 200 valence electrons. The molecule has 0 aromatic carbocycles. The average Bonchev–Trinajstić information content (AvgIpc) is 2.70. The van der Waals surface area contributed by atoms with Crippen LogP contribution in [0, 0.1) is 0 Å². The van der Waals surface area contributed by atoms with Crippen LogP contribution in [0.1, 0.15) is 79.1 Å². The Hall–Kier alpha value is 0.0187. The van der Waals surface area contributed by atoms with Crippen LogP contribution in [0.2, 0.25) is 0 Å². The van der Waals surface area contributed by atoms with Crippen molar-refractivity contribution in [1.29, 1.82) is 0 Å². The van der Waals surface area contributed by atoms with Crippen LogP contribution in [-0.4, -0.2) is 64.5 Å². The van der Waals surface area contributed by atoms with Gasteiger partial charge in [-0.3, -0.25) is 0 Å². The molecule has 0 amide bonds. The molecule has 0 aliphatic heterocycles. The van der Waals surface area contributed by atoms with E-state index >= 15 is 17.6 Å². The molecule has 0 radical (unpaired) electrons. The van der Waals surface area contributed by atoms with Gasteiger partial charge in [0.2, 0.25) is 0 Å². The zero-order chi connectivity index (χ0) is 26.1. The standard InChI is InChI=1S/2C6H13O.2C4H4F5.Sn/c2*1-2-3-4-5-6-7;2*1-2(5)4(8,9)3(6)7;/h2*2-6H2,1H3;2*2H,1H3;/q2*-1;;;+2. The van der Waals surface area contributed by atoms with Crippen molar-refractivity contribution in [2.75, 3.05) is 13.2 Å². The summed E-state index contributed by atoms with van der Waals surface area (Å²) in [5.41, 5.74) is 0. The first-order valence-corrected chi connectivity index (χ1v) is 16.3. The van der Waals surface area contributed by atoms with E-state index in [2.05, 4.69) is 6.15 Å². The molecule has 0 aromatic rings. The summed E-state index contributed by atoms with van der Waals surface area (Å²) in [7, 11) is 0.